The SMILES string of the molecule is COCC(CCO)NC1C(C)CCCC1C. The first-order valence-electron chi connectivity index (χ1n) is 6.54. The molecule has 1 rings (SSSR count). The van der Waals surface area contributed by atoms with Crippen LogP contribution < -0.4 is 5.32 Å². The van der Waals surface area contributed by atoms with Crippen LogP contribution in [0.1, 0.15) is 39.5 Å². The standard InChI is InChI=1S/C13H27NO2/c1-10-5-4-6-11(2)13(10)14-12(7-8-15)9-16-3/h10-15H,4-9H2,1-3H3. The Morgan fingerprint density at radius 1 is 1.31 bits per heavy atom. The molecule has 2 N–H and O–H groups in total. The van der Waals surface area contributed by atoms with E-state index < -0.39 is 0 Å². The fraction of sp³-hybridized carbons (Fsp3) is 1.00. The quantitative estimate of drug-likeness (QED) is 0.730. The molecule has 0 aromatic carbocycles. The van der Waals surface area contributed by atoms with Crippen molar-refractivity contribution in [3.8, 4) is 0 Å². The monoisotopic (exact) mass is 229 g/mol. The van der Waals surface area contributed by atoms with E-state index in [-0.39, 0.29) is 6.61 Å². The van der Waals surface area contributed by atoms with Gasteiger partial charge in [-0.1, -0.05) is 20.3 Å². The highest BCUT2D eigenvalue weighted by atomic mass is 16.5. The highest BCUT2D eigenvalue weighted by molar-refractivity contribution is 4.86. The van der Waals surface area contributed by atoms with Crippen LogP contribution in [0.25, 0.3) is 0 Å². The van der Waals surface area contributed by atoms with Crippen LogP contribution in [0.5, 0.6) is 0 Å². The molecule has 1 fully saturated rings. The smallest absolute Gasteiger partial charge is 0.0616 e. The molecule has 16 heavy (non-hydrogen) atoms. The van der Waals surface area contributed by atoms with Crippen molar-refractivity contribution in [1.82, 2.24) is 5.32 Å². The summed E-state index contributed by atoms with van der Waals surface area (Å²) in [5.41, 5.74) is 0. The van der Waals surface area contributed by atoms with Crippen molar-refractivity contribution in [3.63, 3.8) is 0 Å². The molecule has 1 saturated carbocycles. The van der Waals surface area contributed by atoms with Gasteiger partial charge in [-0.2, -0.15) is 0 Å². The molecule has 0 heterocycles. The minimum Gasteiger partial charge on any atom is -0.396 e. The summed E-state index contributed by atoms with van der Waals surface area (Å²) in [5.74, 6) is 1.48. The zero-order valence-electron chi connectivity index (χ0n) is 10.9. The van der Waals surface area contributed by atoms with E-state index in [1.54, 1.807) is 7.11 Å². The highest BCUT2D eigenvalue weighted by Crippen LogP contribution is 2.29. The molecule has 0 radical (unpaired) electrons. The lowest BCUT2D eigenvalue weighted by Crippen LogP contribution is -2.49. The van der Waals surface area contributed by atoms with Crippen molar-refractivity contribution < 1.29 is 9.84 Å². The van der Waals surface area contributed by atoms with E-state index in [1.165, 1.54) is 19.3 Å². The number of hydrogen-bond acceptors (Lipinski definition) is 3. The van der Waals surface area contributed by atoms with Crippen molar-refractivity contribution in [2.24, 2.45) is 11.8 Å². The zero-order valence-corrected chi connectivity index (χ0v) is 10.9. The van der Waals surface area contributed by atoms with E-state index in [0.29, 0.717) is 18.7 Å². The minimum absolute atomic E-state index is 0.233. The molecule has 0 amide bonds. The Balaban J connectivity index is 2.46. The summed E-state index contributed by atoms with van der Waals surface area (Å²) in [6, 6.07) is 0.878. The second-order valence-electron chi connectivity index (χ2n) is 5.24. The fourth-order valence-corrected chi connectivity index (χ4v) is 2.85. The molecular weight excluding hydrogens is 202 g/mol. The number of hydrogen-bond donors (Lipinski definition) is 2. The molecule has 0 spiro atoms. The maximum Gasteiger partial charge on any atom is 0.0616 e. The molecular formula is C13H27NO2. The summed E-state index contributed by atoms with van der Waals surface area (Å²) >= 11 is 0. The van der Waals surface area contributed by atoms with Crippen LogP contribution in [0.2, 0.25) is 0 Å². The van der Waals surface area contributed by atoms with Gasteiger partial charge in [-0.25, -0.2) is 0 Å². The van der Waals surface area contributed by atoms with Gasteiger partial charge in [-0.15, -0.1) is 0 Å². The maximum atomic E-state index is 9.03. The molecule has 3 unspecified atom stereocenters. The van der Waals surface area contributed by atoms with Crippen LogP contribution in [-0.4, -0.2) is 37.5 Å². The minimum atomic E-state index is 0.233. The Morgan fingerprint density at radius 3 is 2.44 bits per heavy atom. The molecule has 1 aliphatic rings. The first-order chi connectivity index (χ1) is 7.69. The molecule has 3 heteroatoms. The van der Waals surface area contributed by atoms with Crippen LogP contribution in [-0.2, 0) is 4.74 Å². The average molecular weight is 229 g/mol. The number of methoxy groups -OCH3 is 1. The molecule has 3 atom stereocenters. The predicted octanol–water partition coefficient (Wildman–Crippen LogP) is 1.80. The first-order valence-corrected chi connectivity index (χ1v) is 6.54. The summed E-state index contributed by atoms with van der Waals surface area (Å²) < 4.78 is 5.19. The lowest BCUT2D eigenvalue weighted by atomic mass is 9.78. The number of ether oxygens (including phenoxy) is 1. The summed E-state index contributed by atoms with van der Waals surface area (Å²) in [5, 5.41) is 12.7. The van der Waals surface area contributed by atoms with Gasteiger partial charge >= 0.3 is 0 Å². The molecule has 0 aromatic heterocycles. The summed E-state index contributed by atoms with van der Waals surface area (Å²) in [6.07, 6.45) is 4.78. The van der Waals surface area contributed by atoms with E-state index in [9.17, 15) is 0 Å². The third-order valence-electron chi connectivity index (χ3n) is 3.82. The van der Waals surface area contributed by atoms with Crippen molar-refractivity contribution in [2.75, 3.05) is 20.3 Å². The Labute approximate surface area is 99.6 Å². The van der Waals surface area contributed by atoms with Crippen molar-refractivity contribution in [1.29, 1.82) is 0 Å². The van der Waals surface area contributed by atoms with Gasteiger partial charge in [-0.05, 0) is 31.1 Å². The largest absolute Gasteiger partial charge is 0.396 e. The van der Waals surface area contributed by atoms with Gasteiger partial charge in [0.2, 0.25) is 0 Å². The molecule has 0 saturated heterocycles. The molecule has 1 aliphatic carbocycles. The predicted molar refractivity (Wildman–Crippen MR) is 66.5 cm³/mol. The number of nitrogens with one attached hydrogen (secondary N) is 1. The van der Waals surface area contributed by atoms with Gasteiger partial charge in [0, 0.05) is 25.8 Å². The first kappa shape index (κ1) is 13.9. The molecule has 3 nitrogen and oxygen atoms in total. The summed E-state index contributed by atoms with van der Waals surface area (Å²) in [6.45, 7) is 5.58. The van der Waals surface area contributed by atoms with Crippen LogP contribution in [0.15, 0.2) is 0 Å². The van der Waals surface area contributed by atoms with Gasteiger partial charge in [0.05, 0.1) is 6.61 Å². The lowest BCUT2D eigenvalue weighted by Gasteiger charge is -2.37. The maximum absolute atomic E-state index is 9.03. The van der Waals surface area contributed by atoms with Gasteiger partial charge in [0.25, 0.3) is 0 Å². The van der Waals surface area contributed by atoms with Crippen molar-refractivity contribution >= 4 is 0 Å². The van der Waals surface area contributed by atoms with Crippen LogP contribution in [0.3, 0.4) is 0 Å². The summed E-state index contributed by atoms with van der Waals surface area (Å²) in [7, 11) is 1.72. The lowest BCUT2D eigenvalue weighted by molar-refractivity contribution is 0.116. The third kappa shape index (κ3) is 4.04. The zero-order chi connectivity index (χ0) is 12.0. The Bertz CT molecular complexity index is 171. The molecule has 0 bridgehead atoms. The third-order valence-corrected chi connectivity index (χ3v) is 3.82. The van der Waals surface area contributed by atoms with Crippen molar-refractivity contribution in [2.45, 2.75) is 51.6 Å². The summed E-state index contributed by atoms with van der Waals surface area (Å²) in [4.78, 5) is 0. The Morgan fingerprint density at radius 2 is 1.94 bits per heavy atom. The van der Waals surface area contributed by atoms with Gasteiger partial charge in [0.1, 0.15) is 0 Å². The average Bonchev–Trinajstić information content (AvgIpc) is 2.24. The molecule has 96 valence electrons. The second-order valence-corrected chi connectivity index (χ2v) is 5.24. The topological polar surface area (TPSA) is 41.5 Å². The number of rotatable bonds is 6. The van der Waals surface area contributed by atoms with Crippen LogP contribution in [0, 0.1) is 11.8 Å². The fourth-order valence-electron chi connectivity index (χ4n) is 2.85. The van der Waals surface area contributed by atoms with Gasteiger partial charge in [0.15, 0.2) is 0 Å². The molecule has 0 aliphatic heterocycles. The van der Waals surface area contributed by atoms with Crippen LogP contribution >= 0.6 is 0 Å². The van der Waals surface area contributed by atoms with E-state index in [4.69, 9.17) is 9.84 Å². The van der Waals surface area contributed by atoms with E-state index >= 15 is 0 Å². The Kier molecular flexibility index (Phi) is 6.32. The normalized spacial score (nSPS) is 32.6. The number of aliphatic hydroxyl groups excluding tert-OH is 1. The van der Waals surface area contributed by atoms with E-state index in [2.05, 4.69) is 19.2 Å². The van der Waals surface area contributed by atoms with Gasteiger partial charge in [-0.3, -0.25) is 0 Å². The van der Waals surface area contributed by atoms with Crippen LogP contribution in [0.4, 0.5) is 0 Å². The van der Waals surface area contributed by atoms with Crippen molar-refractivity contribution in [3.05, 3.63) is 0 Å². The highest BCUT2D eigenvalue weighted by Gasteiger charge is 2.29. The second kappa shape index (κ2) is 7.25. The van der Waals surface area contributed by atoms with Gasteiger partial charge < -0.3 is 15.2 Å². The number of aliphatic hydroxyl groups is 1. The van der Waals surface area contributed by atoms with E-state index in [0.717, 1.165) is 18.3 Å². The molecule has 0 aromatic rings. The van der Waals surface area contributed by atoms with E-state index in [1.807, 2.05) is 0 Å². The Hall–Kier alpha value is -0.120.